The van der Waals surface area contributed by atoms with Crippen LogP contribution in [0.2, 0.25) is 18.1 Å². The van der Waals surface area contributed by atoms with E-state index in [4.69, 9.17) is 42.3 Å². The number of benzene rings is 2. The van der Waals surface area contributed by atoms with E-state index in [-0.39, 0.29) is 24.8 Å². The molecule has 2 fully saturated rings. The molecule has 1 N–H and O–H groups in total. The molecule has 2 aromatic rings. The molecule has 8 atom stereocenters. The number of carbonyl (C=O) groups excluding carboxylic acids is 2. The van der Waals surface area contributed by atoms with Crippen molar-refractivity contribution in [1.82, 2.24) is 5.32 Å². The molecule has 2 aromatic carbocycles. The Morgan fingerprint density at radius 2 is 1.46 bits per heavy atom. The van der Waals surface area contributed by atoms with E-state index >= 15 is 0 Å². The molecule has 286 valence electrons. The van der Waals surface area contributed by atoms with Crippen molar-refractivity contribution in [1.29, 1.82) is 0 Å². The van der Waals surface area contributed by atoms with Crippen LogP contribution in [0.4, 0.5) is 4.79 Å². The summed E-state index contributed by atoms with van der Waals surface area (Å²) in [6.45, 7) is 13.2. The summed E-state index contributed by atoms with van der Waals surface area (Å²) < 4.78 is 55.5. The topological polar surface area (TPSA) is 178 Å². The number of fused-ring (bicyclic) bond motifs is 1. The smallest absolute Gasteiger partial charge is 0.408 e. The molecule has 2 aliphatic rings. The second kappa shape index (κ2) is 17.5. The first-order chi connectivity index (χ1) is 24.6. The van der Waals surface area contributed by atoms with Gasteiger partial charge in [-0.05, 0) is 48.6 Å². The summed E-state index contributed by atoms with van der Waals surface area (Å²) >= 11 is 0. The fourth-order valence-corrected chi connectivity index (χ4v) is 6.77. The van der Waals surface area contributed by atoms with Crippen molar-refractivity contribution in [3.8, 4) is 0 Å². The van der Waals surface area contributed by atoms with Gasteiger partial charge in [-0.1, -0.05) is 86.5 Å². The molecule has 4 rings (SSSR count). The number of carbonyl (C=O) groups is 2. The lowest BCUT2D eigenvalue weighted by Crippen LogP contribution is -2.74. The molecule has 2 aliphatic heterocycles. The van der Waals surface area contributed by atoms with Crippen molar-refractivity contribution >= 4 is 20.4 Å². The van der Waals surface area contributed by atoms with Crippen LogP contribution in [0.25, 0.3) is 10.4 Å². The van der Waals surface area contributed by atoms with Crippen molar-refractivity contribution in [3.05, 3.63) is 82.2 Å². The number of ether oxygens (including phenoxy) is 8. The van der Waals surface area contributed by atoms with Gasteiger partial charge in [-0.2, -0.15) is 0 Å². The molecule has 16 heteroatoms. The monoisotopic (exact) mass is 744 g/mol. The van der Waals surface area contributed by atoms with Crippen LogP contribution in [0, 0.1) is 0 Å². The molecular formula is C36H52N4O11Si. The van der Waals surface area contributed by atoms with Crippen LogP contribution in [0.15, 0.2) is 65.8 Å². The van der Waals surface area contributed by atoms with Crippen molar-refractivity contribution in [2.24, 2.45) is 5.11 Å². The highest BCUT2D eigenvalue weighted by Gasteiger charge is 2.63. The van der Waals surface area contributed by atoms with Gasteiger partial charge in [-0.15, -0.1) is 0 Å². The second-order valence-corrected chi connectivity index (χ2v) is 19.2. The molecule has 0 aromatic heterocycles. The standard InChI is InChI=1S/C36H52N4O11Si/c1-34(2,3)52(8,9)51-30-29-28(49-35(4,43-6)36(5,44-7)50-29)27(20-38-40-37)48-32(30)46-23-26(31(41)45-21-24-16-12-10-13-17-24)39-33(42)47-22-25-18-14-11-15-19-25/h10-19,26-30,32H,20-23H2,1-9H3,(H,39,42)/t26-,27+,28+,29-,30-,32-,35-,36-/m0/s1. The number of alkyl carbamates (subject to hydrolysis) is 1. The van der Waals surface area contributed by atoms with Crippen LogP contribution in [0.1, 0.15) is 45.7 Å². The van der Waals surface area contributed by atoms with E-state index in [0.717, 1.165) is 11.1 Å². The zero-order valence-corrected chi connectivity index (χ0v) is 32.4. The normalized spacial score (nSPS) is 28.1. The Bertz CT molecular complexity index is 1530. The SMILES string of the molecule is CO[C@@]1(C)O[C@@H]2[C@H](O[Si](C)(C)C(C)(C)C)[C@@H](OC[C@H](NC(=O)OCc3ccccc3)C(=O)OCc3ccccc3)O[C@H](CN=[N+]=[N-])[C@H]2O[C@]1(C)OC. The predicted molar refractivity (Wildman–Crippen MR) is 191 cm³/mol. The summed E-state index contributed by atoms with van der Waals surface area (Å²) in [7, 11) is 0.359. The van der Waals surface area contributed by atoms with Gasteiger partial charge in [-0.3, -0.25) is 0 Å². The third-order valence-corrected chi connectivity index (χ3v) is 14.4. The Morgan fingerprint density at radius 1 is 0.923 bits per heavy atom. The molecule has 2 saturated heterocycles. The van der Waals surface area contributed by atoms with E-state index < -0.39 is 75.3 Å². The van der Waals surface area contributed by atoms with Crippen LogP contribution in [-0.2, 0) is 60.3 Å². The Kier molecular flexibility index (Phi) is 13.9. The third kappa shape index (κ3) is 9.89. The van der Waals surface area contributed by atoms with E-state index in [1.165, 1.54) is 14.2 Å². The van der Waals surface area contributed by atoms with Crippen LogP contribution >= 0.6 is 0 Å². The average Bonchev–Trinajstić information content (AvgIpc) is 3.12. The molecule has 15 nitrogen and oxygen atoms in total. The first-order valence-electron chi connectivity index (χ1n) is 17.2. The molecule has 0 spiro atoms. The summed E-state index contributed by atoms with van der Waals surface area (Å²) in [4.78, 5) is 29.5. The summed E-state index contributed by atoms with van der Waals surface area (Å²) in [6.07, 6.45) is -5.62. The van der Waals surface area contributed by atoms with E-state index in [1.54, 1.807) is 13.8 Å². The zero-order valence-electron chi connectivity index (χ0n) is 31.4. The van der Waals surface area contributed by atoms with Crippen LogP contribution in [0.3, 0.4) is 0 Å². The van der Waals surface area contributed by atoms with E-state index in [0.29, 0.717) is 0 Å². The average molecular weight is 745 g/mol. The minimum Gasteiger partial charge on any atom is -0.459 e. The van der Waals surface area contributed by atoms with Crippen LogP contribution in [0.5, 0.6) is 0 Å². The number of esters is 1. The van der Waals surface area contributed by atoms with Gasteiger partial charge in [-0.25, -0.2) is 9.59 Å². The van der Waals surface area contributed by atoms with Crippen molar-refractivity contribution in [3.63, 3.8) is 0 Å². The summed E-state index contributed by atoms with van der Waals surface area (Å²) in [5.74, 6) is -3.58. The maximum atomic E-state index is 13.5. The number of nitrogens with zero attached hydrogens (tertiary/aromatic N) is 3. The van der Waals surface area contributed by atoms with Crippen LogP contribution < -0.4 is 5.32 Å². The first-order valence-corrected chi connectivity index (χ1v) is 20.1. The Labute approximate surface area is 306 Å². The minimum atomic E-state index is -2.59. The summed E-state index contributed by atoms with van der Waals surface area (Å²) in [5, 5.41) is 6.10. The molecule has 1 amide bonds. The third-order valence-electron chi connectivity index (χ3n) is 9.92. The number of hydrogen-bond donors (Lipinski definition) is 1. The lowest BCUT2D eigenvalue weighted by Gasteiger charge is -2.58. The minimum absolute atomic E-state index is 0.0202. The molecule has 0 radical (unpaired) electrons. The van der Waals surface area contributed by atoms with Gasteiger partial charge >= 0.3 is 12.1 Å². The van der Waals surface area contributed by atoms with Gasteiger partial charge in [0.25, 0.3) is 0 Å². The van der Waals surface area contributed by atoms with Crippen LogP contribution in [-0.4, -0.2) is 96.1 Å². The maximum Gasteiger partial charge on any atom is 0.408 e. The zero-order chi connectivity index (χ0) is 38.2. The lowest BCUT2D eigenvalue weighted by molar-refractivity contribution is -0.477. The molecule has 0 bridgehead atoms. The number of nitrogens with one attached hydrogen (secondary N) is 1. The van der Waals surface area contributed by atoms with Crippen molar-refractivity contribution in [2.75, 3.05) is 27.4 Å². The Morgan fingerprint density at radius 3 is 1.98 bits per heavy atom. The molecule has 0 saturated carbocycles. The van der Waals surface area contributed by atoms with E-state index in [1.807, 2.05) is 60.7 Å². The van der Waals surface area contributed by atoms with Gasteiger partial charge in [0.15, 0.2) is 20.6 Å². The highest BCUT2D eigenvalue weighted by atomic mass is 28.4. The quantitative estimate of drug-likeness (QED) is 0.0746. The number of amides is 1. The van der Waals surface area contributed by atoms with Gasteiger partial charge < -0.3 is 47.6 Å². The predicted octanol–water partition coefficient (Wildman–Crippen LogP) is 5.98. The maximum absolute atomic E-state index is 13.5. The highest BCUT2D eigenvalue weighted by molar-refractivity contribution is 6.74. The molecular weight excluding hydrogens is 692 g/mol. The van der Waals surface area contributed by atoms with Crippen molar-refractivity contribution < 1.29 is 51.9 Å². The fourth-order valence-electron chi connectivity index (χ4n) is 5.49. The van der Waals surface area contributed by atoms with Crippen molar-refractivity contribution in [2.45, 2.75) is 114 Å². The number of hydrogen-bond acceptors (Lipinski definition) is 12. The molecule has 0 aliphatic carbocycles. The van der Waals surface area contributed by atoms with Gasteiger partial charge in [0, 0.05) is 19.1 Å². The first kappa shape index (κ1) is 41.2. The highest BCUT2D eigenvalue weighted by Crippen LogP contribution is 2.46. The number of methoxy groups -OCH3 is 2. The van der Waals surface area contributed by atoms with Gasteiger partial charge in [0.1, 0.15) is 31.5 Å². The number of rotatable bonds is 15. The molecule has 2 heterocycles. The van der Waals surface area contributed by atoms with Gasteiger partial charge in [0.2, 0.25) is 11.6 Å². The Balaban J connectivity index is 1.64. The fraction of sp³-hybridized carbons (Fsp3) is 0.611. The summed E-state index contributed by atoms with van der Waals surface area (Å²) in [5.41, 5.74) is 10.7. The largest absolute Gasteiger partial charge is 0.459 e. The van der Waals surface area contributed by atoms with E-state index in [2.05, 4.69) is 49.2 Å². The van der Waals surface area contributed by atoms with Gasteiger partial charge in [0.05, 0.1) is 19.3 Å². The Hall–Kier alpha value is -3.57. The second-order valence-electron chi connectivity index (χ2n) is 14.4. The lowest BCUT2D eigenvalue weighted by atomic mass is 9.94. The number of azide groups is 1. The molecule has 0 unspecified atom stereocenters. The summed E-state index contributed by atoms with van der Waals surface area (Å²) in [6, 6.07) is 16.9. The molecule has 52 heavy (non-hydrogen) atoms. The van der Waals surface area contributed by atoms with E-state index in [9.17, 15) is 15.1 Å².